The molecule has 0 saturated heterocycles. The van der Waals surface area contributed by atoms with Crippen LogP contribution >= 0.6 is 11.6 Å². The van der Waals surface area contributed by atoms with Gasteiger partial charge >= 0.3 is 0 Å². The van der Waals surface area contributed by atoms with Crippen LogP contribution in [-0.2, 0) is 19.3 Å². The molecule has 0 saturated carbocycles. The molecular formula is C18H19ClF2. The molecule has 0 aliphatic carbocycles. The highest BCUT2D eigenvalue weighted by molar-refractivity contribution is 6.20. The number of rotatable bonds is 5. The second-order valence-electron chi connectivity index (χ2n) is 5.12. The van der Waals surface area contributed by atoms with E-state index in [9.17, 15) is 8.78 Å². The van der Waals surface area contributed by atoms with Crippen LogP contribution in [0.5, 0.6) is 0 Å². The molecule has 2 aromatic rings. The fourth-order valence-corrected chi connectivity index (χ4v) is 2.83. The van der Waals surface area contributed by atoms with Crippen molar-refractivity contribution in [1.82, 2.24) is 0 Å². The summed E-state index contributed by atoms with van der Waals surface area (Å²) in [6, 6.07) is 10.3. The first-order valence-electron chi connectivity index (χ1n) is 7.25. The lowest BCUT2D eigenvalue weighted by Gasteiger charge is -2.14. The minimum absolute atomic E-state index is 0.278. The average Bonchev–Trinajstić information content (AvgIpc) is 2.51. The third kappa shape index (κ3) is 3.62. The minimum Gasteiger partial charge on any atom is -0.204 e. The Balaban J connectivity index is 2.24. The van der Waals surface area contributed by atoms with Crippen molar-refractivity contribution in [3.63, 3.8) is 0 Å². The maximum absolute atomic E-state index is 13.7. The summed E-state index contributed by atoms with van der Waals surface area (Å²) in [7, 11) is 0. The first kappa shape index (κ1) is 16.0. The zero-order chi connectivity index (χ0) is 15.4. The van der Waals surface area contributed by atoms with E-state index in [0.29, 0.717) is 5.56 Å². The number of hydrogen-bond acceptors (Lipinski definition) is 0. The molecule has 0 aliphatic heterocycles. The molecule has 112 valence electrons. The normalized spacial score (nSPS) is 12.4. The fraction of sp³-hybridized carbons (Fsp3) is 0.333. The van der Waals surface area contributed by atoms with E-state index in [1.165, 1.54) is 17.2 Å². The van der Waals surface area contributed by atoms with Gasteiger partial charge in [0.05, 0.1) is 5.38 Å². The van der Waals surface area contributed by atoms with Crippen molar-refractivity contribution in [2.45, 2.75) is 38.5 Å². The summed E-state index contributed by atoms with van der Waals surface area (Å²) in [6.07, 6.45) is 2.20. The second-order valence-corrected chi connectivity index (χ2v) is 5.65. The molecule has 0 radical (unpaired) electrons. The molecule has 2 aromatic carbocycles. The van der Waals surface area contributed by atoms with E-state index >= 15 is 0 Å². The van der Waals surface area contributed by atoms with Crippen LogP contribution in [-0.4, -0.2) is 0 Å². The summed E-state index contributed by atoms with van der Waals surface area (Å²) in [5, 5.41) is -0.363. The fourth-order valence-electron chi connectivity index (χ4n) is 2.53. The topological polar surface area (TPSA) is 0 Å². The number of hydrogen-bond donors (Lipinski definition) is 0. The average molecular weight is 309 g/mol. The number of halogens is 3. The maximum Gasteiger partial charge on any atom is 0.162 e. The lowest BCUT2D eigenvalue weighted by Crippen LogP contribution is -2.02. The van der Waals surface area contributed by atoms with Gasteiger partial charge in [-0.3, -0.25) is 0 Å². The second kappa shape index (κ2) is 7.04. The molecule has 0 aliphatic rings. The Morgan fingerprint density at radius 2 is 1.67 bits per heavy atom. The van der Waals surface area contributed by atoms with Crippen LogP contribution in [0.25, 0.3) is 0 Å². The molecule has 0 fully saturated rings. The van der Waals surface area contributed by atoms with E-state index in [1.54, 1.807) is 6.07 Å². The van der Waals surface area contributed by atoms with E-state index in [4.69, 9.17) is 11.6 Å². The highest BCUT2D eigenvalue weighted by Gasteiger charge is 2.15. The van der Waals surface area contributed by atoms with Gasteiger partial charge in [-0.1, -0.05) is 44.2 Å². The minimum atomic E-state index is -0.827. The Bertz CT molecular complexity index is 623. The van der Waals surface area contributed by atoms with Crippen LogP contribution in [0.2, 0.25) is 0 Å². The maximum atomic E-state index is 13.7. The molecule has 1 unspecified atom stereocenters. The van der Waals surface area contributed by atoms with E-state index in [0.717, 1.165) is 24.5 Å². The summed E-state index contributed by atoms with van der Waals surface area (Å²) in [4.78, 5) is 0. The van der Waals surface area contributed by atoms with Gasteiger partial charge in [0.2, 0.25) is 0 Å². The van der Waals surface area contributed by atoms with Gasteiger partial charge < -0.3 is 0 Å². The molecule has 2 rings (SSSR count). The molecule has 0 spiro atoms. The zero-order valence-electron chi connectivity index (χ0n) is 12.3. The predicted octanol–water partition coefficient (Wildman–Crippen LogP) is 5.61. The highest BCUT2D eigenvalue weighted by Crippen LogP contribution is 2.28. The lowest BCUT2D eigenvalue weighted by atomic mass is 9.96. The SMILES string of the molecule is CCc1ccc(C(Cl)Cc2cccc(F)c2F)cc1CC. The van der Waals surface area contributed by atoms with Crippen LogP contribution in [0.4, 0.5) is 8.78 Å². The van der Waals surface area contributed by atoms with Gasteiger partial charge in [-0.05, 0) is 47.6 Å². The molecule has 0 N–H and O–H groups in total. The summed E-state index contributed by atoms with van der Waals surface area (Å²) in [5.74, 6) is -1.63. The van der Waals surface area contributed by atoms with E-state index in [-0.39, 0.29) is 11.8 Å². The Morgan fingerprint density at radius 3 is 2.33 bits per heavy atom. The third-order valence-corrected chi connectivity index (χ3v) is 4.19. The lowest BCUT2D eigenvalue weighted by molar-refractivity contribution is 0.498. The Hall–Kier alpha value is -1.41. The first-order valence-corrected chi connectivity index (χ1v) is 7.69. The molecule has 0 bridgehead atoms. The van der Waals surface area contributed by atoms with Crippen molar-refractivity contribution in [3.05, 3.63) is 70.3 Å². The first-order chi connectivity index (χ1) is 10.1. The van der Waals surface area contributed by atoms with E-state index in [1.807, 2.05) is 6.07 Å². The number of aryl methyl sites for hydroxylation is 2. The summed E-state index contributed by atoms with van der Waals surface area (Å²) in [6.45, 7) is 4.22. The van der Waals surface area contributed by atoms with Gasteiger partial charge in [0.15, 0.2) is 11.6 Å². The largest absolute Gasteiger partial charge is 0.204 e. The molecular weight excluding hydrogens is 290 g/mol. The van der Waals surface area contributed by atoms with Gasteiger partial charge in [0.25, 0.3) is 0 Å². The molecule has 0 heterocycles. The van der Waals surface area contributed by atoms with Crippen molar-refractivity contribution in [3.8, 4) is 0 Å². The summed E-state index contributed by atoms with van der Waals surface area (Å²) < 4.78 is 26.9. The number of benzene rings is 2. The Morgan fingerprint density at radius 1 is 0.952 bits per heavy atom. The van der Waals surface area contributed by atoms with Crippen molar-refractivity contribution in [2.75, 3.05) is 0 Å². The zero-order valence-corrected chi connectivity index (χ0v) is 13.1. The van der Waals surface area contributed by atoms with Crippen LogP contribution in [0.15, 0.2) is 36.4 Å². The van der Waals surface area contributed by atoms with Crippen molar-refractivity contribution >= 4 is 11.6 Å². The van der Waals surface area contributed by atoms with Gasteiger partial charge in [0.1, 0.15) is 0 Å². The molecule has 0 amide bonds. The predicted molar refractivity (Wildman–Crippen MR) is 83.9 cm³/mol. The van der Waals surface area contributed by atoms with Gasteiger partial charge in [-0.15, -0.1) is 11.6 Å². The van der Waals surface area contributed by atoms with Crippen molar-refractivity contribution in [1.29, 1.82) is 0 Å². The molecule has 1 atom stereocenters. The number of alkyl halides is 1. The van der Waals surface area contributed by atoms with Gasteiger partial charge in [-0.25, -0.2) is 8.78 Å². The van der Waals surface area contributed by atoms with E-state index < -0.39 is 11.6 Å². The molecule has 0 aromatic heterocycles. The van der Waals surface area contributed by atoms with Gasteiger partial charge in [0, 0.05) is 0 Å². The summed E-state index contributed by atoms with van der Waals surface area (Å²) in [5.41, 5.74) is 3.84. The van der Waals surface area contributed by atoms with Crippen LogP contribution < -0.4 is 0 Å². The van der Waals surface area contributed by atoms with Crippen LogP contribution in [0.1, 0.15) is 41.5 Å². The smallest absolute Gasteiger partial charge is 0.162 e. The monoisotopic (exact) mass is 308 g/mol. The Kier molecular flexibility index (Phi) is 5.35. The quantitative estimate of drug-likeness (QED) is 0.630. The molecule has 3 heteroatoms. The molecule has 21 heavy (non-hydrogen) atoms. The van der Waals surface area contributed by atoms with Crippen LogP contribution in [0.3, 0.4) is 0 Å². The van der Waals surface area contributed by atoms with Crippen LogP contribution in [0, 0.1) is 11.6 Å². The summed E-state index contributed by atoms with van der Waals surface area (Å²) >= 11 is 6.40. The Labute approximate surface area is 129 Å². The highest BCUT2D eigenvalue weighted by atomic mass is 35.5. The van der Waals surface area contributed by atoms with Crippen molar-refractivity contribution < 1.29 is 8.78 Å². The van der Waals surface area contributed by atoms with E-state index in [2.05, 4.69) is 26.0 Å². The third-order valence-electron chi connectivity index (χ3n) is 3.78. The van der Waals surface area contributed by atoms with Gasteiger partial charge in [-0.2, -0.15) is 0 Å². The van der Waals surface area contributed by atoms with Crippen molar-refractivity contribution in [2.24, 2.45) is 0 Å². The standard InChI is InChI=1S/C18H19ClF2/c1-3-12-8-9-14(10-13(12)4-2)16(19)11-15-6-5-7-17(20)18(15)21/h5-10,16H,3-4,11H2,1-2H3. The molecule has 0 nitrogen and oxygen atoms in total.